The van der Waals surface area contributed by atoms with Gasteiger partial charge >= 0.3 is 0 Å². The van der Waals surface area contributed by atoms with Crippen LogP contribution in [0.4, 0.5) is 5.82 Å². The SMILES string of the molecule is CCc1cc2c(N3CCC4(CN(Cc5ccccc5C)C4)C3)ncnc2s1. The van der Waals surface area contributed by atoms with Crippen LogP contribution in [-0.4, -0.2) is 41.0 Å². The van der Waals surface area contributed by atoms with Crippen molar-refractivity contribution in [1.82, 2.24) is 14.9 Å². The Morgan fingerprint density at radius 1 is 1.15 bits per heavy atom. The van der Waals surface area contributed by atoms with Crippen LogP contribution >= 0.6 is 11.3 Å². The van der Waals surface area contributed by atoms with Gasteiger partial charge in [0.2, 0.25) is 0 Å². The van der Waals surface area contributed by atoms with Gasteiger partial charge in [-0.05, 0) is 37.0 Å². The highest BCUT2D eigenvalue weighted by atomic mass is 32.1. The molecule has 2 aliphatic heterocycles. The fourth-order valence-electron chi connectivity index (χ4n) is 4.74. The van der Waals surface area contributed by atoms with Crippen molar-refractivity contribution >= 4 is 27.4 Å². The van der Waals surface area contributed by atoms with Gasteiger partial charge in [-0.25, -0.2) is 9.97 Å². The Morgan fingerprint density at radius 3 is 2.81 bits per heavy atom. The van der Waals surface area contributed by atoms with Crippen molar-refractivity contribution in [2.45, 2.75) is 33.2 Å². The summed E-state index contributed by atoms with van der Waals surface area (Å²) in [6, 6.07) is 11.1. The van der Waals surface area contributed by atoms with Crippen LogP contribution in [0.25, 0.3) is 10.2 Å². The molecule has 0 aliphatic carbocycles. The molecule has 4 nitrogen and oxygen atoms in total. The minimum absolute atomic E-state index is 0.448. The maximum atomic E-state index is 4.67. The van der Waals surface area contributed by atoms with Crippen LogP contribution in [0.5, 0.6) is 0 Å². The van der Waals surface area contributed by atoms with Gasteiger partial charge in [-0.3, -0.25) is 4.90 Å². The number of thiophene rings is 1. The Morgan fingerprint density at radius 2 is 2.00 bits per heavy atom. The third-order valence-corrected chi connectivity index (χ3v) is 7.41. The highest BCUT2D eigenvalue weighted by molar-refractivity contribution is 7.18. The molecule has 5 heteroatoms. The van der Waals surface area contributed by atoms with Gasteiger partial charge in [0.1, 0.15) is 17.0 Å². The van der Waals surface area contributed by atoms with E-state index in [9.17, 15) is 0 Å². The maximum Gasteiger partial charge on any atom is 0.140 e. The Labute approximate surface area is 164 Å². The average Bonchev–Trinajstić information content (AvgIpc) is 3.27. The lowest BCUT2D eigenvalue weighted by molar-refractivity contribution is 0.0115. The van der Waals surface area contributed by atoms with Crippen LogP contribution in [0.3, 0.4) is 0 Å². The van der Waals surface area contributed by atoms with E-state index >= 15 is 0 Å². The Kier molecular flexibility index (Phi) is 4.17. The predicted octanol–water partition coefficient (Wildman–Crippen LogP) is 4.27. The Bertz CT molecular complexity index is 973. The van der Waals surface area contributed by atoms with E-state index in [2.05, 4.69) is 63.9 Å². The van der Waals surface area contributed by atoms with E-state index in [0.717, 1.165) is 36.7 Å². The molecule has 1 aromatic carbocycles. The van der Waals surface area contributed by atoms with Gasteiger partial charge in [0, 0.05) is 43.0 Å². The second-order valence-electron chi connectivity index (χ2n) is 8.23. The molecule has 140 valence electrons. The predicted molar refractivity (Wildman–Crippen MR) is 113 cm³/mol. The van der Waals surface area contributed by atoms with Crippen molar-refractivity contribution < 1.29 is 0 Å². The first-order valence-electron chi connectivity index (χ1n) is 9.91. The Hall–Kier alpha value is -1.98. The van der Waals surface area contributed by atoms with Gasteiger partial charge in [0.05, 0.1) is 5.39 Å². The average molecular weight is 379 g/mol. The summed E-state index contributed by atoms with van der Waals surface area (Å²) < 4.78 is 0. The van der Waals surface area contributed by atoms with Gasteiger partial charge < -0.3 is 4.90 Å². The van der Waals surface area contributed by atoms with Crippen molar-refractivity contribution in [3.63, 3.8) is 0 Å². The van der Waals surface area contributed by atoms with Crippen LogP contribution in [-0.2, 0) is 13.0 Å². The quantitative estimate of drug-likeness (QED) is 0.678. The van der Waals surface area contributed by atoms with E-state index in [4.69, 9.17) is 0 Å². The Balaban J connectivity index is 1.29. The molecule has 0 amide bonds. The first-order chi connectivity index (χ1) is 13.2. The lowest BCUT2D eigenvalue weighted by atomic mass is 9.79. The minimum atomic E-state index is 0.448. The molecular weight excluding hydrogens is 352 g/mol. The molecule has 0 saturated carbocycles. The van der Waals surface area contributed by atoms with Crippen molar-refractivity contribution in [2.75, 3.05) is 31.1 Å². The smallest absolute Gasteiger partial charge is 0.140 e. The number of aromatic nitrogens is 2. The highest BCUT2D eigenvalue weighted by Gasteiger charge is 2.47. The lowest BCUT2D eigenvalue weighted by Gasteiger charge is -2.48. The fraction of sp³-hybridized carbons (Fsp3) is 0.455. The number of fused-ring (bicyclic) bond motifs is 1. The fourth-order valence-corrected chi connectivity index (χ4v) is 5.67. The number of aryl methyl sites for hydroxylation is 2. The van der Waals surface area contributed by atoms with E-state index in [-0.39, 0.29) is 0 Å². The highest BCUT2D eigenvalue weighted by Crippen LogP contribution is 2.43. The van der Waals surface area contributed by atoms with Crippen molar-refractivity contribution in [1.29, 1.82) is 0 Å². The summed E-state index contributed by atoms with van der Waals surface area (Å²) >= 11 is 1.81. The topological polar surface area (TPSA) is 32.3 Å². The van der Waals surface area contributed by atoms with Gasteiger partial charge in [0.25, 0.3) is 0 Å². The molecule has 0 bridgehead atoms. The summed E-state index contributed by atoms with van der Waals surface area (Å²) in [6.07, 6.45) is 4.08. The van der Waals surface area contributed by atoms with Crippen LogP contribution in [0, 0.1) is 12.3 Å². The molecule has 4 heterocycles. The second-order valence-corrected chi connectivity index (χ2v) is 9.34. The molecular formula is C22H26N4S. The minimum Gasteiger partial charge on any atom is -0.355 e. The molecule has 2 aliphatic rings. The van der Waals surface area contributed by atoms with Crippen LogP contribution in [0.2, 0.25) is 0 Å². The molecule has 0 N–H and O–H groups in total. The van der Waals surface area contributed by atoms with Gasteiger partial charge in [0.15, 0.2) is 0 Å². The molecule has 2 saturated heterocycles. The number of benzene rings is 1. The first kappa shape index (κ1) is 17.1. The summed E-state index contributed by atoms with van der Waals surface area (Å²) in [4.78, 5) is 16.8. The number of hydrogen-bond acceptors (Lipinski definition) is 5. The summed E-state index contributed by atoms with van der Waals surface area (Å²) in [6.45, 7) is 10.2. The van der Waals surface area contributed by atoms with Gasteiger partial charge in [-0.15, -0.1) is 11.3 Å². The van der Waals surface area contributed by atoms with Crippen LogP contribution in [0.1, 0.15) is 29.3 Å². The standard InChI is InChI=1S/C22H26N4S/c1-3-18-10-19-20(23-15-24-21(19)27-18)26-9-8-22(14-26)12-25(13-22)11-17-7-5-4-6-16(17)2/h4-7,10,15H,3,8-9,11-14H2,1-2H3. The number of nitrogens with zero attached hydrogens (tertiary/aromatic N) is 4. The molecule has 3 aromatic rings. The molecule has 0 unspecified atom stereocenters. The van der Waals surface area contributed by atoms with Crippen LogP contribution < -0.4 is 4.90 Å². The summed E-state index contributed by atoms with van der Waals surface area (Å²) in [7, 11) is 0. The first-order valence-corrected chi connectivity index (χ1v) is 10.7. The lowest BCUT2D eigenvalue weighted by Crippen LogP contribution is -2.56. The maximum absolute atomic E-state index is 4.67. The zero-order valence-electron chi connectivity index (χ0n) is 16.1. The van der Waals surface area contributed by atoms with Gasteiger partial charge in [-0.1, -0.05) is 31.2 Å². The van der Waals surface area contributed by atoms with E-state index in [1.54, 1.807) is 17.7 Å². The van der Waals surface area contributed by atoms with Gasteiger partial charge in [-0.2, -0.15) is 0 Å². The summed E-state index contributed by atoms with van der Waals surface area (Å²) in [5.41, 5.74) is 3.31. The molecule has 5 rings (SSSR count). The number of anilines is 1. The molecule has 27 heavy (non-hydrogen) atoms. The second kappa shape index (κ2) is 6.57. The molecule has 2 fully saturated rings. The normalized spacial score (nSPS) is 19.1. The third-order valence-electron chi connectivity index (χ3n) is 6.22. The zero-order valence-corrected chi connectivity index (χ0v) is 16.9. The van der Waals surface area contributed by atoms with E-state index < -0.39 is 0 Å². The molecule has 1 spiro atoms. The van der Waals surface area contributed by atoms with Crippen molar-refractivity contribution in [3.05, 3.63) is 52.7 Å². The zero-order chi connectivity index (χ0) is 18.4. The van der Waals surface area contributed by atoms with Crippen molar-refractivity contribution in [2.24, 2.45) is 5.41 Å². The molecule has 2 aromatic heterocycles. The summed E-state index contributed by atoms with van der Waals surface area (Å²) in [5, 5.41) is 1.24. The van der Waals surface area contributed by atoms with Crippen molar-refractivity contribution in [3.8, 4) is 0 Å². The van der Waals surface area contributed by atoms with E-state index in [0.29, 0.717) is 5.41 Å². The van der Waals surface area contributed by atoms with Crippen LogP contribution in [0.15, 0.2) is 36.7 Å². The largest absolute Gasteiger partial charge is 0.355 e. The van der Waals surface area contributed by atoms with E-state index in [1.807, 2.05) is 0 Å². The number of likely N-dealkylation sites (tertiary alicyclic amines) is 1. The number of hydrogen-bond donors (Lipinski definition) is 0. The van der Waals surface area contributed by atoms with E-state index in [1.165, 1.54) is 40.9 Å². The number of rotatable bonds is 4. The molecule has 0 atom stereocenters. The third kappa shape index (κ3) is 3.03. The summed E-state index contributed by atoms with van der Waals surface area (Å²) in [5.74, 6) is 1.14. The monoisotopic (exact) mass is 378 g/mol. The molecule has 0 radical (unpaired) electrons.